The quantitative estimate of drug-likeness (QED) is 0.171. The van der Waals surface area contributed by atoms with E-state index in [1.165, 1.54) is 44.3 Å². The molecule has 0 saturated heterocycles. The number of aromatic nitrogens is 1. The molecule has 2 aliphatic carbocycles. The van der Waals surface area contributed by atoms with Crippen LogP contribution < -0.4 is 15.3 Å². The SMILES string of the molecule is Cc1c(C2=C(N)c3ccccc3C23c2ccccc2-c2ccccc23)c2ccccc2n1-c1ccc(-c2ccc(N3C(c4ccccc4)=[N+]=C3c3ccccc3)cc2)cc1. The highest BCUT2D eigenvalue weighted by molar-refractivity contribution is 6.35. The van der Waals surface area contributed by atoms with Crippen LogP contribution in [0.2, 0.25) is 0 Å². The van der Waals surface area contributed by atoms with Gasteiger partial charge in [0.1, 0.15) is 5.69 Å². The smallest absolute Gasteiger partial charge is 0.332 e. The number of para-hydroxylation sites is 1. The molecule has 0 unspecified atom stereocenters. The van der Waals surface area contributed by atoms with Crippen molar-refractivity contribution in [3.8, 4) is 27.9 Å². The van der Waals surface area contributed by atoms with Crippen molar-refractivity contribution in [3.63, 3.8) is 0 Å². The van der Waals surface area contributed by atoms with Gasteiger partial charge < -0.3 is 10.3 Å². The first kappa shape index (κ1) is 34.2. The van der Waals surface area contributed by atoms with Gasteiger partial charge in [-0.2, -0.15) is 4.90 Å². The number of nitrogens with two attached hydrogens (primary N) is 1. The van der Waals surface area contributed by atoms with E-state index in [0.29, 0.717) is 0 Å². The van der Waals surface area contributed by atoms with Crippen molar-refractivity contribution in [2.24, 2.45) is 5.73 Å². The Morgan fingerprint density at radius 2 is 0.883 bits per heavy atom. The van der Waals surface area contributed by atoms with Crippen LogP contribution in [0.15, 0.2) is 206 Å². The van der Waals surface area contributed by atoms with E-state index in [4.69, 9.17) is 10.4 Å². The Morgan fingerprint density at radius 1 is 0.433 bits per heavy atom. The summed E-state index contributed by atoms with van der Waals surface area (Å²) in [4.78, 5) is 2.26. The van der Waals surface area contributed by atoms with Crippen LogP contribution in [0.25, 0.3) is 50.1 Å². The number of rotatable bonds is 6. The summed E-state index contributed by atoms with van der Waals surface area (Å²) >= 11 is 0. The maximum absolute atomic E-state index is 7.46. The van der Waals surface area contributed by atoms with Crippen molar-refractivity contribution in [2.45, 2.75) is 12.3 Å². The van der Waals surface area contributed by atoms with Crippen LogP contribution in [0.4, 0.5) is 5.69 Å². The summed E-state index contributed by atoms with van der Waals surface area (Å²) in [5.41, 5.74) is 26.6. The molecule has 8 aromatic carbocycles. The Morgan fingerprint density at radius 3 is 1.45 bits per heavy atom. The summed E-state index contributed by atoms with van der Waals surface area (Å²) in [7, 11) is 0. The fourth-order valence-electron chi connectivity index (χ4n) is 10.3. The van der Waals surface area contributed by atoms with Crippen molar-refractivity contribution >= 4 is 39.5 Å². The second-order valence-corrected chi connectivity index (χ2v) is 15.9. The lowest BCUT2D eigenvalue weighted by Gasteiger charge is -2.33. The molecule has 3 aliphatic rings. The van der Waals surface area contributed by atoms with Crippen molar-refractivity contribution in [2.75, 3.05) is 4.90 Å². The van der Waals surface area contributed by atoms with E-state index in [1.54, 1.807) is 0 Å². The molecule has 9 aromatic rings. The van der Waals surface area contributed by atoms with Gasteiger partial charge in [-0.25, -0.2) is 4.67 Å². The summed E-state index contributed by atoms with van der Waals surface area (Å²) in [5, 5.41) is 1.19. The zero-order chi connectivity index (χ0) is 40.0. The molecular weight excluding hydrogens is 729 g/mol. The number of hydrogen-bond donors (Lipinski definition) is 1. The number of allylic oxidation sites excluding steroid dienone is 1. The molecule has 0 radical (unpaired) electrons. The van der Waals surface area contributed by atoms with E-state index >= 15 is 0 Å². The molecule has 1 aliphatic heterocycles. The monoisotopic (exact) mass is 767 g/mol. The summed E-state index contributed by atoms with van der Waals surface area (Å²) in [6, 6.07) is 74.0. The van der Waals surface area contributed by atoms with Crippen molar-refractivity contribution in [3.05, 3.63) is 251 Å². The minimum atomic E-state index is -0.549. The van der Waals surface area contributed by atoms with Crippen LogP contribution >= 0.6 is 0 Å². The topological polar surface area (TPSA) is 48.3 Å². The fraction of sp³-hybridized carbons (Fsp3) is 0.0357. The Kier molecular flexibility index (Phi) is 7.43. The van der Waals surface area contributed by atoms with Crippen LogP contribution in [-0.2, 0) is 5.41 Å². The van der Waals surface area contributed by atoms with E-state index in [9.17, 15) is 0 Å². The van der Waals surface area contributed by atoms with Gasteiger partial charge in [0, 0.05) is 39.2 Å². The minimum absolute atomic E-state index is 0.549. The third-order valence-electron chi connectivity index (χ3n) is 12.9. The normalized spacial score (nSPS) is 14.4. The Balaban J connectivity index is 0.947. The zero-order valence-corrected chi connectivity index (χ0v) is 33.0. The summed E-state index contributed by atoms with van der Waals surface area (Å²) in [6.45, 7) is 2.26. The number of benzene rings is 8. The van der Waals surface area contributed by atoms with Crippen LogP contribution in [-0.4, -0.2) is 16.2 Å². The first-order chi connectivity index (χ1) is 29.6. The van der Waals surface area contributed by atoms with Crippen LogP contribution in [0, 0.1) is 6.92 Å². The second-order valence-electron chi connectivity index (χ2n) is 15.9. The standard InChI is InChI=1S/C56H39N4/c1-36-51(52-53(57)45-22-10-14-26-49(45)56(52)47-24-12-8-20-43(47)44-21-9-13-25-48(44)56)46-23-11-15-27-50(46)59(36)41-32-28-37(29-33-41)38-30-34-42(35-31-38)60-54(39-16-4-2-5-17-39)58-55(60)40-18-6-3-7-19-40/h2-35H,57H2,1H3/q+1. The molecule has 60 heavy (non-hydrogen) atoms. The van der Waals surface area contributed by atoms with E-state index in [1.807, 2.05) is 12.1 Å². The lowest BCUT2D eigenvalue weighted by molar-refractivity contribution is 0.840. The molecule has 0 bridgehead atoms. The number of fused-ring (bicyclic) bond motifs is 8. The second kappa shape index (κ2) is 13.1. The van der Waals surface area contributed by atoms with E-state index in [-0.39, 0.29) is 0 Å². The van der Waals surface area contributed by atoms with E-state index in [0.717, 1.165) is 67.8 Å². The lowest BCUT2D eigenvalue weighted by atomic mass is 9.67. The molecule has 2 heterocycles. The Hall–Kier alpha value is -7.91. The maximum atomic E-state index is 7.46. The summed E-state index contributed by atoms with van der Waals surface area (Å²) < 4.78 is 7.41. The summed E-state index contributed by atoms with van der Waals surface area (Å²) in [6.07, 6.45) is 0. The third-order valence-corrected chi connectivity index (χ3v) is 12.9. The number of nitrogens with zero attached hydrogens (tertiary/aromatic N) is 3. The predicted octanol–water partition coefficient (Wildman–Crippen LogP) is 11.5. The van der Waals surface area contributed by atoms with E-state index in [2.05, 4.69) is 211 Å². The first-order valence-corrected chi connectivity index (χ1v) is 20.6. The maximum Gasteiger partial charge on any atom is 0.332 e. The largest absolute Gasteiger partial charge is 0.398 e. The molecule has 4 heteroatoms. The molecule has 0 fully saturated rings. The van der Waals surface area contributed by atoms with Gasteiger partial charge in [-0.3, -0.25) is 0 Å². The average Bonchev–Trinajstić information content (AvgIpc) is 3.86. The van der Waals surface area contributed by atoms with Gasteiger partial charge in [0.15, 0.2) is 0 Å². The van der Waals surface area contributed by atoms with Gasteiger partial charge in [0.2, 0.25) is 0 Å². The van der Waals surface area contributed by atoms with Gasteiger partial charge in [0.05, 0.1) is 22.1 Å². The molecule has 0 amide bonds. The van der Waals surface area contributed by atoms with Gasteiger partial charge in [-0.15, -0.1) is 0 Å². The van der Waals surface area contributed by atoms with Gasteiger partial charge in [-0.05, 0) is 100 Å². The molecule has 2 N–H and O–H groups in total. The molecule has 12 rings (SSSR count). The van der Waals surface area contributed by atoms with Crippen molar-refractivity contribution in [1.29, 1.82) is 0 Å². The van der Waals surface area contributed by atoms with Crippen molar-refractivity contribution in [1.82, 2.24) is 9.24 Å². The average molecular weight is 768 g/mol. The van der Waals surface area contributed by atoms with Gasteiger partial charge >= 0.3 is 11.7 Å². The van der Waals surface area contributed by atoms with Crippen LogP contribution in [0.3, 0.4) is 0 Å². The van der Waals surface area contributed by atoms with Crippen molar-refractivity contribution < 1.29 is 0 Å². The number of anilines is 1. The molecule has 4 nitrogen and oxygen atoms in total. The number of hydrogen-bond acceptors (Lipinski definition) is 2. The summed E-state index contributed by atoms with van der Waals surface area (Å²) in [5.74, 6) is 1.90. The third kappa shape index (κ3) is 4.71. The first-order valence-electron chi connectivity index (χ1n) is 20.6. The Bertz CT molecular complexity index is 3190. The van der Waals surface area contributed by atoms with E-state index < -0.39 is 5.41 Å². The number of amidine groups is 2. The fourth-order valence-corrected chi connectivity index (χ4v) is 10.3. The Labute approximate surface area is 349 Å². The van der Waals surface area contributed by atoms with Crippen LogP contribution in [0.5, 0.6) is 0 Å². The predicted molar refractivity (Wildman–Crippen MR) is 248 cm³/mol. The highest BCUT2D eigenvalue weighted by Crippen LogP contribution is 2.64. The molecule has 1 aromatic heterocycles. The molecule has 0 saturated carbocycles. The molecular formula is C56H39N4+. The lowest BCUT2D eigenvalue weighted by Crippen LogP contribution is -2.49. The van der Waals surface area contributed by atoms with Gasteiger partial charge in [-0.1, -0.05) is 152 Å². The minimum Gasteiger partial charge on any atom is -0.398 e. The van der Waals surface area contributed by atoms with Crippen LogP contribution in [0.1, 0.15) is 44.6 Å². The van der Waals surface area contributed by atoms with Gasteiger partial charge in [0.25, 0.3) is 0 Å². The molecule has 0 atom stereocenters. The molecule has 1 spiro atoms. The zero-order valence-electron chi connectivity index (χ0n) is 33.0. The molecule has 282 valence electrons. The highest BCUT2D eigenvalue weighted by Gasteiger charge is 2.54. The highest BCUT2D eigenvalue weighted by atomic mass is 15.3.